The Kier molecular flexibility index (Phi) is 7.57. The topological polar surface area (TPSA) is 79.2 Å². The van der Waals surface area contributed by atoms with Crippen LogP contribution in [-0.2, 0) is 6.42 Å². The lowest BCUT2D eigenvalue weighted by atomic mass is 10.1. The number of para-hydroxylation sites is 1. The van der Waals surface area contributed by atoms with Crippen molar-refractivity contribution in [3.05, 3.63) is 107 Å². The van der Waals surface area contributed by atoms with E-state index in [0.29, 0.717) is 31.1 Å². The van der Waals surface area contributed by atoms with Crippen molar-refractivity contribution in [2.45, 2.75) is 26.7 Å². The van der Waals surface area contributed by atoms with Crippen LogP contribution >= 0.6 is 11.6 Å². The lowest BCUT2D eigenvalue weighted by Gasteiger charge is -2.24. The van der Waals surface area contributed by atoms with Gasteiger partial charge in [0, 0.05) is 43.3 Å². The van der Waals surface area contributed by atoms with Gasteiger partial charge in [0.25, 0.3) is 0 Å². The second-order valence-corrected chi connectivity index (χ2v) is 10.9. The molecule has 0 saturated carbocycles. The van der Waals surface area contributed by atoms with Crippen molar-refractivity contribution in [3.8, 4) is 5.69 Å². The Morgan fingerprint density at radius 1 is 0.878 bits per heavy atom. The van der Waals surface area contributed by atoms with Gasteiger partial charge in [-0.2, -0.15) is 5.10 Å². The van der Waals surface area contributed by atoms with Crippen LogP contribution in [0.2, 0.25) is 5.02 Å². The maximum absolute atomic E-state index is 13.1. The second kappa shape index (κ2) is 11.6. The zero-order valence-corrected chi connectivity index (χ0v) is 24.0. The van der Waals surface area contributed by atoms with Crippen LogP contribution in [0.25, 0.3) is 16.7 Å². The number of carbonyl (C=O) groups is 1. The van der Waals surface area contributed by atoms with Crippen LogP contribution in [0.4, 0.5) is 16.3 Å². The van der Waals surface area contributed by atoms with Crippen LogP contribution in [0.1, 0.15) is 29.1 Å². The largest absolute Gasteiger partial charge is 0.354 e. The molecular weight excluding hydrogens is 534 g/mol. The molecule has 5 aromatic rings. The Morgan fingerprint density at radius 2 is 1.63 bits per heavy atom. The van der Waals surface area contributed by atoms with E-state index < -0.39 is 0 Å². The van der Waals surface area contributed by atoms with Gasteiger partial charge in [-0.05, 0) is 62.2 Å². The van der Waals surface area contributed by atoms with E-state index in [4.69, 9.17) is 26.7 Å². The summed E-state index contributed by atoms with van der Waals surface area (Å²) in [5.74, 6) is 1.62. The fourth-order valence-electron chi connectivity index (χ4n) is 5.22. The summed E-state index contributed by atoms with van der Waals surface area (Å²) in [7, 11) is 0. The molecule has 1 N–H and O–H groups in total. The third-order valence-electron chi connectivity index (χ3n) is 7.39. The fourth-order valence-corrected chi connectivity index (χ4v) is 5.35. The molecule has 0 radical (unpaired) electrons. The van der Waals surface area contributed by atoms with Crippen LogP contribution in [0.15, 0.2) is 78.9 Å². The molecule has 2 aromatic heterocycles. The molecule has 1 aliphatic heterocycles. The summed E-state index contributed by atoms with van der Waals surface area (Å²) >= 11 is 6.00. The van der Waals surface area contributed by atoms with Crippen LogP contribution in [-0.4, -0.2) is 56.9 Å². The highest BCUT2D eigenvalue weighted by atomic mass is 35.5. The Bertz CT molecular complexity index is 1670. The van der Waals surface area contributed by atoms with Gasteiger partial charge in [-0.25, -0.2) is 19.4 Å². The number of benzene rings is 3. The highest BCUT2D eigenvalue weighted by Gasteiger charge is 2.25. The van der Waals surface area contributed by atoms with Crippen LogP contribution in [0, 0.1) is 13.8 Å². The number of hydrogen-bond acceptors (Lipinski definition) is 5. The van der Waals surface area contributed by atoms with Crippen molar-refractivity contribution in [1.29, 1.82) is 0 Å². The first-order chi connectivity index (χ1) is 19.9. The molecule has 1 aliphatic rings. The van der Waals surface area contributed by atoms with E-state index >= 15 is 0 Å². The molecule has 0 spiro atoms. The second-order valence-electron chi connectivity index (χ2n) is 10.4. The predicted molar refractivity (Wildman–Crippen MR) is 164 cm³/mol. The molecule has 3 aromatic carbocycles. The van der Waals surface area contributed by atoms with Crippen molar-refractivity contribution in [3.63, 3.8) is 0 Å². The zero-order valence-electron chi connectivity index (χ0n) is 23.2. The summed E-state index contributed by atoms with van der Waals surface area (Å²) in [5, 5.41) is 9.47. The fraction of sp³-hybridized carbons (Fsp3) is 0.250. The molecule has 0 bridgehead atoms. The maximum atomic E-state index is 13.1. The molecule has 8 nitrogen and oxygen atoms in total. The van der Waals surface area contributed by atoms with E-state index in [1.165, 1.54) is 5.56 Å². The Morgan fingerprint density at radius 3 is 2.39 bits per heavy atom. The third-order valence-corrected chi connectivity index (χ3v) is 7.64. The van der Waals surface area contributed by atoms with Gasteiger partial charge in [0.15, 0.2) is 5.65 Å². The molecule has 0 aliphatic carbocycles. The first-order valence-corrected chi connectivity index (χ1v) is 14.3. The van der Waals surface area contributed by atoms with Gasteiger partial charge in [-0.15, -0.1) is 0 Å². The normalized spacial score (nSPS) is 13.8. The smallest absolute Gasteiger partial charge is 0.321 e. The minimum atomic E-state index is -0.116. The first kappa shape index (κ1) is 26.8. The number of urea groups is 1. The molecule has 3 heterocycles. The summed E-state index contributed by atoms with van der Waals surface area (Å²) < 4.78 is 1.91. The maximum Gasteiger partial charge on any atom is 0.321 e. The molecule has 41 heavy (non-hydrogen) atoms. The van der Waals surface area contributed by atoms with Crippen molar-refractivity contribution in [2.75, 3.05) is 36.4 Å². The van der Waals surface area contributed by atoms with Gasteiger partial charge in [0.1, 0.15) is 11.6 Å². The highest BCUT2D eigenvalue weighted by molar-refractivity contribution is 6.30. The summed E-state index contributed by atoms with van der Waals surface area (Å²) in [4.78, 5) is 27.4. The zero-order chi connectivity index (χ0) is 28.3. The van der Waals surface area contributed by atoms with E-state index in [1.54, 1.807) is 12.1 Å². The van der Waals surface area contributed by atoms with Crippen molar-refractivity contribution >= 4 is 40.2 Å². The van der Waals surface area contributed by atoms with Gasteiger partial charge in [-0.3, -0.25) is 0 Å². The molecule has 208 valence electrons. The SMILES string of the molecule is Cc1ccc(Cc2nc(N3CCCN(C(=O)Nc4ccc(Cl)cc4)CC3)c3c(C)nn(-c4ccccc4)c3n2)cc1. The number of aromatic nitrogens is 4. The molecule has 9 heteroatoms. The van der Waals surface area contributed by atoms with Gasteiger partial charge in [0.05, 0.1) is 16.8 Å². The third kappa shape index (κ3) is 5.88. The van der Waals surface area contributed by atoms with Gasteiger partial charge < -0.3 is 15.1 Å². The van der Waals surface area contributed by atoms with E-state index in [9.17, 15) is 4.79 Å². The highest BCUT2D eigenvalue weighted by Crippen LogP contribution is 2.30. The Hall–Kier alpha value is -4.43. The van der Waals surface area contributed by atoms with Crippen molar-refractivity contribution < 1.29 is 4.79 Å². The first-order valence-electron chi connectivity index (χ1n) is 13.9. The number of anilines is 2. The number of nitrogens with one attached hydrogen (secondary N) is 1. The summed E-state index contributed by atoms with van der Waals surface area (Å²) in [6.07, 6.45) is 1.43. The lowest BCUT2D eigenvalue weighted by molar-refractivity contribution is 0.215. The van der Waals surface area contributed by atoms with Gasteiger partial charge in [0.2, 0.25) is 0 Å². The number of aryl methyl sites for hydroxylation is 2. The van der Waals surface area contributed by atoms with Crippen molar-refractivity contribution in [2.24, 2.45) is 0 Å². The van der Waals surface area contributed by atoms with Crippen LogP contribution < -0.4 is 10.2 Å². The number of halogens is 1. The molecule has 6 rings (SSSR count). The average molecular weight is 566 g/mol. The number of carbonyl (C=O) groups excluding carboxylic acids is 1. The van der Waals surface area contributed by atoms with E-state index in [2.05, 4.69) is 41.4 Å². The standard InChI is InChI=1S/C32H32ClN7O/c1-22-9-11-24(12-10-22)21-28-35-30(29-23(2)37-40(31(29)36-28)27-7-4-3-5-8-27)38-17-6-18-39(20-19-38)32(41)34-26-15-13-25(33)14-16-26/h3-5,7-16H,6,17-21H2,1-2H3,(H,34,41). The Labute approximate surface area is 244 Å². The molecule has 1 fully saturated rings. The molecule has 0 unspecified atom stereocenters. The number of fused-ring (bicyclic) bond motifs is 1. The lowest BCUT2D eigenvalue weighted by Crippen LogP contribution is -2.38. The minimum absolute atomic E-state index is 0.116. The van der Waals surface area contributed by atoms with Gasteiger partial charge >= 0.3 is 6.03 Å². The quantitative estimate of drug-likeness (QED) is 0.266. The predicted octanol–water partition coefficient (Wildman–Crippen LogP) is 6.42. The Balaban J connectivity index is 1.32. The average Bonchev–Trinajstić information content (AvgIpc) is 3.14. The summed E-state index contributed by atoms with van der Waals surface area (Å²) in [6.45, 7) is 6.76. The molecule has 0 atom stereocenters. The van der Waals surface area contributed by atoms with Crippen molar-refractivity contribution in [1.82, 2.24) is 24.6 Å². The van der Waals surface area contributed by atoms with Crippen LogP contribution in [0.5, 0.6) is 0 Å². The monoisotopic (exact) mass is 565 g/mol. The number of hydrogen-bond donors (Lipinski definition) is 1. The molecular formula is C32H32ClN7O. The van der Waals surface area contributed by atoms with E-state index in [0.717, 1.165) is 58.3 Å². The van der Waals surface area contributed by atoms with Crippen LogP contribution in [0.3, 0.4) is 0 Å². The van der Waals surface area contributed by atoms with Gasteiger partial charge in [-0.1, -0.05) is 59.6 Å². The summed E-state index contributed by atoms with van der Waals surface area (Å²) in [5.41, 5.74) is 5.73. The number of rotatable bonds is 5. The molecule has 1 saturated heterocycles. The summed E-state index contributed by atoms with van der Waals surface area (Å²) in [6, 6.07) is 25.6. The number of nitrogens with zero attached hydrogens (tertiary/aromatic N) is 6. The van der Waals surface area contributed by atoms with E-state index in [-0.39, 0.29) is 6.03 Å². The minimum Gasteiger partial charge on any atom is -0.354 e. The van der Waals surface area contributed by atoms with E-state index in [1.807, 2.05) is 59.0 Å². The number of amides is 2. The molecule has 2 amide bonds.